The zero-order valence-electron chi connectivity index (χ0n) is 13.7. The Kier molecular flexibility index (Phi) is 5.13. The number of hydrogen-bond donors (Lipinski definition) is 2. The predicted molar refractivity (Wildman–Crippen MR) is 96.1 cm³/mol. The summed E-state index contributed by atoms with van der Waals surface area (Å²) in [7, 11) is 0. The van der Waals surface area contributed by atoms with Gasteiger partial charge in [0.2, 0.25) is 0 Å². The van der Waals surface area contributed by atoms with E-state index in [0.29, 0.717) is 11.0 Å². The SMILES string of the molecule is CC(C)CN1CCC(NC(=O)Nc2nc3ccccc3s2)CC1. The Morgan fingerprint density at radius 3 is 2.78 bits per heavy atom. The average Bonchev–Trinajstić information content (AvgIpc) is 2.90. The number of thiazole rings is 1. The Morgan fingerprint density at radius 2 is 2.09 bits per heavy atom. The molecule has 124 valence electrons. The van der Waals surface area contributed by atoms with Gasteiger partial charge in [-0.15, -0.1) is 0 Å². The molecule has 0 bridgehead atoms. The number of fused-ring (bicyclic) bond motifs is 1. The molecule has 0 radical (unpaired) electrons. The molecular formula is C17H24N4OS. The Balaban J connectivity index is 1.48. The van der Waals surface area contributed by atoms with E-state index in [4.69, 9.17) is 0 Å². The van der Waals surface area contributed by atoms with Gasteiger partial charge >= 0.3 is 6.03 Å². The van der Waals surface area contributed by atoms with Gasteiger partial charge in [-0.25, -0.2) is 9.78 Å². The number of piperidine rings is 1. The largest absolute Gasteiger partial charge is 0.335 e. The van der Waals surface area contributed by atoms with Gasteiger partial charge in [0.15, 0.2) is 5.13 Å². The second-order valence-corrected chi connectivity index (χ2v) is 7.58. The summed E-state index contributed by atoms with van der Waals surface area (Å²) in [6.45, 7) is 7.75. The number of benzene rings is 1. The summed E-state index contributed by atoms with van der Waals surface area (Å²) in [5, 5.41) is 6.59. The lowest BCUT2D eigenvalue weighted by Gasteiger charge is -2.33. The van der Waals surface area contributed by atoms with E-state index in [2.05, 4.69) is 34.4 Å². The number of para-hydroxylation sites is 1. The van der Waals surface area contributed by atoms with Crippen molar-refractivity contribution >= 4 is 32.7 Å². The topological polar surface area (TPSA) is 57.3 Å². The maximum atomic E-state index is 12.1. The summed E-state index contributed by atoms with van der Waals surface area (Å²) in [5.41, 5.74) is 0.926. The maximum absolute atomic E-state index is 12.1. The first-order chi connectivity index (χ1) is 11.1. The number of hydrogen-bond acceptors (Lipinski definition) is 4. The molecule has 2 aromatic rings. The molecule has 0 aliphatic carbocycles. The second kappa shape index (κ2) is 7.27. The van der Waals surface area contributed by atoms with E-state index in [9.17, 15) is 4.79 Å². The predicted octanol–water partition coefficient (Wildman–Crippen LogP) is 3.54. The highest BCUT2D eigenvalue weighted by Gasteiger charge is 2.21. The second-order valence-electron chi connectivity index (χ2n) is 6.55. The van der Waals surface area contributed by atoms with Gasteiger partial charge in [0, 0.05) is 25.7 Å². The van der Waals surface area contributed by atoms with E-state index in [1.54, 1.807) is 0 Å². The van der Waals surface area contributed by atoms with Crippen LogP contribution in [0.4, 0.5) is 9.93 Å². The summed E-state index contributed by atoms with van der Waals surface area (Å²) in [6, 6.07) is 8.02. The Labute approximate surface area is 141 Å². The molecule has 1 saturated heterocycles. The highest BCUT2D eigenvalue weighted by atomic mass is 32.1. The van der Waals surface area contributed by atoms with Crippen molar-refractivity contribution in [1.29, 1.82) is 0 Å². The monoisotopic (exact) mass is 332 g/mol. The van der Waals surface area contributed by atoms with E-state index in [-0.39, 0.29) is 12.1 Å². The molecule has 2 N–H and O–H groups in total. The van der Waals surface area contributed by atoms with Crippen LogP contribution in [-0.4, -0.2) is 41.6 Å². The van der Waals surface area contributed by atoms with E-state index in [0.717, 1.165) is 42.7 Å². The number of carbonyl (C=O) groups is 1. The van der Waals surface area contributed by atoms with Crippen LogP contribution in [0.5, 0.6) is 0 Å². The maximum Gasteiger partial charge on any atom is 0.321 e. The summed E-state index contributed by atoms with van der Waals surface area (Å²) >= 11 is 1.50. The lowest BCUT2D eigenvalue weighted by Crippen LogP contribution is -2.46. The minimum Gasteiger partial charge on any atom is -0.335 e. The van der Waals surface area contributed by atoms with Crippen molar-refractivity contribution < 1.29 is 4.79 Å². The first-order valence-electron chi connectivity index (χ1n) is 8.25. The van der Waals surface area contributed by atoms with Crippen LogP contribution in [0.1, 0.15) is 26.7 Å². The van der Waals surface area contributed by atoms with Crippen LogP contribution in [0.2, 0.25) is 0 Å². The number of anilines is 1. The van der Waals surface area contributed by atoms with Crippen LogP contribution >= 0.6 is 11.3 Å². The molecule has 1 aromatic carbocycles. The van der Waals surface area contributed by atoms with Gasteiger partial charge in [-0.05, 0) is 30.9 Å². The standard InChI is InChI=1S/C17H24N4OS/c1-12(2)11-21-9-7-13(8-10-21)18-16(22)20-17-19-14-5-3-4-6-15(14)23-17/h3-6,12-13H,7-11H2,1-2H3,(H2,18,19,20,22). The third-order valence-corrected chi connectivity index (χ3v) is 5.01. The van der Waals surface area contributed by atoms with E-state index < -0.39 is 0 Å². The molecule has 0 saturated carbocycles. The van der Waals surface area contributed by atoms with Crippen molar-refractivity contribution in [2.45, 2.75) is 32.7 Å². The van der Waals surface area contributed by atoms with Crippen LogP contribution in [0.25, 0.3) is 10.2 Å². The van der Waals surface area contributed by atoms with Crippen LogP contribution in [0.3, 0.4) is 0 Å². The van der Waals surface area contributed by atoms with Crippen molar-refractivity contribution in [2.75, 3.05) is 25.0 Å². The minimum atomic E-state index is -0.147. The highest BCUT2D eigenvalue weighted by Crippen LogP contribution is 2.25. The summed E-state index contributed by atoms with van der Waals surface area (Å²) in [6.07, 6.45) is 2.03. The van der Waals surface area contributed by atoms with Crippen LogP contribution in [-0.2, 0) is 0 Å². The number of rotatable bonds is 4. The van der Waals surface area contributed by atoms with Gasteiger partial charge in [0.05, 0.1) is 10.2 Å². The fraction of sp³-hybridized carbons (Fsp3) is 0.529. The van der Waals surface area contributed by atoms with Gasteiger partial charge < -0.3 is 10.2 Å². The Hall–Kier alpha value is -1.66. The summed E-state index contributed by atoms with van der Waals surface area (Å²) < 4.78 is 1.09. The molecule has 0 atom stereocenters. The molecule has 1 aliphatic heterocycles. The molecule has 1 aliphatic rings. The number of aromatic nitrogens is 1. The van der Waals surface area contributed by atoms with E-state index in [1.807, 2.05) is 24.3 Å². The molecule has 0 spiro atoms. The zero-order chi connectivity index (χ0) is 16.2. The van der Waals surface area contributed by atoms with Crippen molar-refractivity contribution in [1.82, 2.24) is 15.2 Å². The first-order valence-corrected chi connectivity index (χ1v) is 9.07. The fourth-order valence-corrected chi connectivity index (χ4v) is 3.88. The third-order valence-electron chi connectivity index (χ3n) is 4.06. The van der Waals surface area contributed by atoms with Gasteiger partial charge in [-0.2, -0.15) is 0 Å². The van der Waals surface area contributed by atoms with Crippen molar-refractivity contribution in [3.63, 3.8) is 0 Å². The smallest absolute Gasteiger partial charge is 0.321 e. The molecule has 2 heterocycles. The molecule has 3 rings (SSSR count). The zero-order valence-corrected chi connectivity index (χ0v) is 14.5. The van der Waals surface area contributed by atoms with Gasteiger partial charge in [0.25, 0.3) is 0 Å². The number of urea groups is 1. The molecule has 2 amide bonds. The average molecular weight is 332 g/mol. The Bertz CT molecular complexity index is 628. The van der Waals surface area contributed by atoms with Crippen molar-refractivity contribution in [3.8, 4) is 0 Å². The number of carbonyl (C=O) groups excluding carboxylic acids is 1. The lowest BCUT2D eigenvalue weighted by molar-refractivity contribution is 0.180. The van der Waals surface area contributed by atoms with Crippen LogP contribution in [0.15, 0.2) is 24.3 Å². The number of likely N-dealkylation sites (tertiary alicyclic amines) is 1. The molecule has 6 heteroatoms. The van der Waals surface area contributed by atoms with E-state index in [1.165, 1.54) is 11.3 Å². The van der Waals surface area contributed by atoms with Crippen LogP contribution < -0.4 is 10.6 Å². The third kappa shape index (κ3) is 4.42. The summed E-state index contributed by atoms with van der Waals surface area (Å²) in [4.78, 5) is 19.1. The molecule has 0 unspecified atom stereocenters. The van der Waals surface area contributed by atoms with Gasteiger partial charge in [0.1, 0.15) is 0 Å². The molecular weight excluding hydrogens is 308 g/mol. The Morgan fingerprint density at radius 1 is 1.35 bits per heavy atom. The van der Waals surface area contributed by atoms with Gasteiger partial charge in [-0.1, -0.05) is 37.3 Å². The minimum absolute atomic E-state index is 0.147. The molecule has 23 heavy (non-hydrogen) atoms. The number of nitrogens with zero attached hydrogens (tertiary/aromatic N) is 2. The van der Waals surface area contributed by atoms with Gasteiger partial charge in [-0.3, -0.25) is 5.32 Å². The molecule has 5 nitrogen and oxygen atoms in total. The lowest BCUT2D eigenvalue weighted by atomic mass is 10.0. The first kappa shape index (κ1) is 16.2. The molecule has 1 fully saturated rings. The quantitative estimate of drug-likeness (QED) is 0.900. The fourth-order valence-electron chi connectivity index (χ4n) is 3.02. The summed E-state index contributed by atoms with van der Waals surface area (Å²) in [5.74, 6) is 0.696. The van der Waals surface area contributed by atoms with Crippen molar-refractivity contribution in [2.24, 2.45) is 5.92 Å². The normalized spacial score (nSPS) is 16.8. The number of amides is 2. The van der Waals surface area contributed by atoms with Crippen molar-refractivity contribution in [3.05, 3.63) is 24.3 Å². The number of nitrogens with one attached hydrogen (secondary N) is 2. The van der Waals surface area contributed by atoms with E-state index >= 15 is 0 Å². The van der Waals surface area contributed by atoms with Crippen LogP contribution in [0, 0.1) is 5.92 Å². The highest BCUT2D eigenvalue weighted by molar-refractivity contribution is 7.22. The molecule has 1 aromatic heterocycles.